The van der Waals surface area contributed by atoms with Gasteiger partial charge in [-0.2, -0.15) is 0 Å². The zero-order valence-electron chi connectivity index (χ0n) is 9.70. The number of rotatable bonds is 5. The Morgan fingerprint density at radius 1 is 1.17 bits per heavy atom. The van der Waals surface area contributed by atoms with Crippen LogP contribution in [0.4, 0.5) is 0 Å². The summed E-state index contributed by atoms with van der Waals surface area (Å²) in [5.74, 6) is 0.569. The second-order valence-electron chi connectivity index (χ2n) is 4.21. The Bertz CT molecular complexity index is 510. The molecule has 0 aliphatic carbocycles. The van der Waals surface area contributed by atoms with Crippen molar-refractivity contribution < 1.29 is 0 Å². The van der Waals surface area contributed by atoms with Gasteiger partial charge in [-0.15, -0.1) is 11.3 Å². The number of thiophene rings is 1. The number of benzene rings is 1. The zero-order valence-corrected chi connectivity index (χ0v) is 14.4. The molecule has 18 heavy (non-hydrogen) atoms. The molecule has 0 bridgehead atoms. The number of hydrogen-bond donors (Lipinski definition) is 0. The lowest BCUT2D eigenvalue weighted by Crippen LogP contribution is -2.09. The van der Waals surface area contributed by atoms with Gasteiger partial charge in [-0.25, -0.2) is 0 Å². The number of halogens is 3. The predicted molar refractivity (Wildman–Crippen MR) is 88.2 cm³/mol. The smallest absolute Gasteiger partial charge is 0.0545 e. The highest BCUT2D eigenvalue weighted by molar-refractivity contribution is 9.10. The third-order valence-electron chi connectivity index (χ3n) is 2.85. The van der Waals surface area contributed by atoms with Crippen molar-refractivity contribution >= 4 is 54.8 Å². The number of alkyl halides is 1. The molecule has 96 valence electrons. The molecule has 1 unspecified atom stereocenters. The topological polar surface area (TPSA) is 0 Å². The summed E-state index contributed by atoms with van der Waals surface area (Å²) < 4.78 is 1.19. The maximum atomic E-state index is 6.16. The average Bonchev–Trinajstić information content (AvgIpc) is 2.77. The molecule has 0 nitrogen and oxygen atoms in total. The molecule has 1 aromatic carbocycles. The molecule has 2 rings (SSSR count). The molecule has 0 N–H and O–H groups in total. The van der Waals surface area contributed by atoms with Gasteiger partial charge in [-0.3, -0.25) is 0 Å². The van der Waals surface area contributed by atoms with E-state index in [1.54, 1.807) is 11.3 Å². The second-order valence-corrected chi connectivity index (χ2v) is 7.12. The van der Waals surface area contributed by atoms with Crippen LogP contribution in [0, 0.1) is 5.92 Å². The van der Waals surface area contributed by atoms with Gasteiger partial charge in [0.2, 0.25) is 0 Å². The third-order valence-corrected chi connectivity index (χ3v) is 5.95. The summed E-state index contributed by atoms with van der Waals surface area (Å²) in [6, 6.07) is 10.4. The van der Waals surface area contributed by atoms with Crippen LogP contribution < -0.4 is 0 Å². The quantitative estimate of drug-likeness (QED) is 0.536. The number of hydrogen-bond acceptors (Lipinski definition) is 1. The molecule has 0 aliphatic rings. The van der Waals surface area contributed by atoms with Crippen LogP contribution in [0.3, 0.4) is 0 Å². The van der Waals surface area contributed by atoms with Crippen LogP contribution in [0.15, 0.2) is 40.2 Å². The summed E-state index contributed by atoms with van der Waals surface area (Å²) in [4.78, 5) is 1.29. The fourth-order valence-electron chi connectivity index (χ4n) is 1.89. The van der Waals surface area contributed by atoms with Crippen LogP contribution in [0.2, 0.25) is 5.02 Å². The van der Waals surface area contributed by atoms with E-state index in [-0.39, 0.29) is 0 Å². The fraction of sp³-hybridized carbons (Fsp3) is 0.286. The Hall–Kier alpha value is 0.170. The van der Waals surface area contributed by atoms with Crippen molar-refractivity contribution in [2.75, 3.05) is 5.33 Å². The predicted octanol–water partition coefficient (Wildman–Crippen LogP) is 5.96. The van der Waals surface area contributed by atoms with E-state index in [1.807, 2.05) is 12.1 Å². The Labute approximate surface area is 134 Å². The van der Waals surface area contributed by atoms with Crippen molar-refractivity contribution in [1.82, 2.24) is 0 Å². The van der Waals surface area contributed by atoms with E-state index in [2.05, 4.69) is 55.4 Å². The van der Waals surface area contributed by atoms with Crippen molar-refractivity contribution in [3.05, 3.63) is 55.6 Å². The van der Waals surface area contributed by atoms with E-state index in [1.165, 1.54) is 14.9 Å². The molecule has 2 aromatic rings. The summed E-state index contributed by atoms with van der Waals surface area (Å²) in [5, 5.41) is 3.95. The minimum atomic E-state index is 0.569. The Balaban J connectivity index is 2.06. The summed E-state index contributed by atoms with van der Waals surface area (Å²) in [7, 11) is 0. The van der Waals surface area contributed by atoms with Crippen molar-refractivity contribution in [2.24, 2.45) is 5.92 Å². The Kier molecular flexibility index (Phi) is 5.74. The van der Waals surface area contributed by atoms with Crippen molar-refractivity contribution in [3.8, 4) is 0 Å². The van der Waals surface area contributed by atoms with Crippen molar-refractivity contribution in [3.63, 3.8) is 0 Å². The molecular weight excluding hydrogens is 395 g/mol. The van der Waals surface area contributed by atoms with Gasteiger partial charge in [0.15, 0.2) is 0 Å². The molecule has 0 saturated carbocycles. The molecule has 0 amide bonds. The maximum Gasteiger partial charge on any atom is 0.0545 e. The normalized spacial score (nSPS) is 12.6. The maximum absolute atomic E-state index is 6.16. The van der Waals surface area contributed by atoms with E-state index >= 15 is 0 Å². The first-order valence-electron chi connectivity index (χ1n) is 5.72. The van der Waals surface area contributed by atoms with Gasteiger partial charge in [0.25, 0.3) is 0 Å². The SMILES string of the molecule is Clc1ccsc1CC(CBr)Cc1ccccc1Br. The van der Waals surface area contributed by atoms with Crippen molar-refractivity contribution in [1.29, 1.82) is 0 Å². The molecular formula is C14H13Br2ClS. The minimum Gasteiger partial charge on any atom is -0.147 e. The van der Waals surface area contributed by atoms with E-state index < -0.39 is 0 Å². The van der Waals surface area contributed by atoms with Crippen LogP contribution >= 0.6 is 54.8 Å². The van der Waals surface area contributed by atoms with Gasteiger partial charge in [-0.1, -0.05) is 61.7 Å². The van der Waals surface area contributed by atoms with Crippen LogP contribution in [0.1, 0.15) is 10.4 Å². The first kappa shape index (κ1) is 14.6. The molecule has 1 aromatic heterocycles. The van der Waals surface area contributed by atoms with Crippen LogP contribution in [-0.2, 0) is 12.8 Å². The molecule has 0 saturated heterocycles. The highest BCUT2D eigenvalue weighted by Gasteiger charge is 2.13. The zero-order chi connectivity index (χ0) is 13.0. The van der Waals surface area contributed by atoms with Gasteiger partial charge >= 0.3 is 0 Å². The Morgan fingerprint density at radius 2 is 1.94 bits per heavy atom. The van der Waals surface area contributed by atoms with Gasteiger partial charge in [-0.05, 0) is 41.8 Å². The van der Waals surface area contributed by atoms with E-state index in [9.17, 15) is 0 Å². The second kappa shape index (κ2) is 7.09. The largest absolute Gasteiger partial charge is 0.147 e. The summed E-state index contributed by atoms with van der Waals surface area (Å²) in [6.07, 6.45) is 2.09. The molecule has 1 atom stereocenters. The fourth-order valence-corrected chi connectivity index (χ4v) is 4.02. The van der Waals surface area contributed by atoms with Gasteiger partial charge in [0.1, 0.15) is 0 Å². The van der Waals surface area contributed by atoms with Gasteiger partial charge in [0, 0.05) is 14.7 Å². The monoisotopic (exact) mass is 406 g/mol. The molecule has 4 heteroatoms. The van der Waals surface area contributed by atoms with Gasteiger partial charge < -0.3 is 0 Å². The lowest BCUT2D eigenvalue weighted by atomic mass is 9.97. The van der Waals surface area contributed by atoms with E-state index in [4.69, 9.17) is 11.6 Å². The van der Waals surface area contributed by atoms with Crippen LogP contribution in [-0.4, -0.2) is 5.33 Å². The van der Waals surface area contributed by atoms with Crippen molar-refractivity contribution in [2.45, 2.75) is 12.8 Å². The first-order valence-corrected chi connectivity index (χ1v) is 8.89. The standard InChI is InChI=1S/C14H13Br2ClS/c15-9-10(8-14-13(17)5-6-18-14)7-11-3-1-2-4-12(11)16/h1-6,10H,7-9H2. The molecule has 0 aliphatic heterocycles. The van der Waals surface area contributed by atoms with Crippen LogP contribution in [0.25, 0.3) is 0 Å². The highest BCUT2D eigenvalue weighted by atomic mass is 79.9. The molecule has 0 spiro atoms. The highest BCUT2D eigenvalue weighted by Crippen LogP contribution is 2.28. The lowest BCUT2D eigenvalue weighted by Gasteiger charge is -2.14. The summed E-state index contributed by atoms with van der Waals surface area (Å²) in [6.45, 7) is 0. The summed E-state index contributed by atoms with van der Waals surface area (Å²) >= 11 is 15.1. The average molecular weight is 409 g/mol. The molecule has 0 fully saturated rings. The summed E-state index contributed by atoms with van der Waals surface area (Å²) in [5.41, 5.74) is 1.36. The minimum absolute atomic E-state index is 0.569. The van der Waals surface area contributed by atoms with E-state index in [0.717, 1.165) is 23.2 Å². The van der Waals surface area contributed by atoms with Crippen LogP contribution in [0.5, 0.6) is 0 Å². The first-order chi connectivity index (χ1) is 8.70. The Morgan fingerprint density at radius 3 is 2.56 bits per heavy atom. The lowest BCUT2D eigenvalue weighted by molar-refractivity contribution is 0.595. The van der Waals surface area contributed by atoms with E-state index in [0.29, 0.717) is 5.92 Å². The molecule has 0 radical (unpaired) electrons. The molecule has 1 heterocycles. The third kappa shape index (κ3) is 3.83. The van der Waals surface area contributed by atoms with Gasteiger partial charge in [0.05, 0.1) is 5.02 Å².